The van der Waals surface area contributed by atoms with Crippen molar-refractivity contribution in [3.05, 3.63) is 50.3 Å². The van der Waals surface area contributed by atoms with E-state index >= 15 is 0 Å². The molecule has 18 heavy (non-hydrogen) atoms. The number of nitrogens with one attached hydrogen (secondary N) is 1. The highest BCUT2D eigenvalue weighted by Crippen LogP contribution is 2.31. The molecule has 0 atom stereocenters. The molecule has 0 unspecified atom stereocenters. The standard InChI is InChI=1S/C12H8BrCl2FN2/c1-6-2-9(15)11(4-8(6)14)18-12-10(16)3-7(13)5-17-12/h2-5H,1H3,(H,17,18). The van der Waals surface area contributed by atoms with Crippen molar-refractivity contribution in [2.24, 2.45) is 0 Å². The molecule has 0 saturated carbocycles. The van der Waals surface area contributed by atoms with Crippen molar-refractivity contribution in [2.45, 2.75) is 6.92 Å². The molecule has 0 bridgehead atoms. The van der Waals surface area contributed by atoms with Gasteiger partial charge in [0.1, 0.15) is 0 Å². The molecule has 0 aliphatic rings. The molecule has 0 aliphatic carbocycles. The van der Waals surface area contributed by atoms with Gasteiger partial charge in [0.05, 0.1) is 10.7 Å². The molecule has 0 aliphatic heterocycles. The van der Waals surface area contributed by atoms with E-state index in [9.17, 15) is 4.39 Å². The molecule has 1 N–H and O–H groups in total. The van der Waals surface area contributed by atoms with Crippen LogP contribution in [0.2, 0.25) is 10.0 Å². The number of nitrogens with zero attached hydrogens (tertiary/aromatic N) is 1. The van der Waals surface area contributed by atoms with Gasteiger partial charge in [0.2, 0.25) is 0 Å². The van der Waals surface area contributed by atoms with Crippen LogP contribution < -0.4 is 5.32 Å². The number of pyridine rings is 1. The van der Waals surface area contributed by atoms with Gasteiger partial charge in [0, 0.05) is 15.7 Å². The Morgan fingerprint density at radius 3 is 2.61 bits per heavy atom. The predicted octanol–water partition coefficient (Wildman–Crippen LogP) is 5.34. The summed E-state index contributed by atoms with van der Waals surface area (Å²) in [6.07, 6.45) is 1.50. The van der Waals surface area contributed by atoms with Crippen LogP contribution in [0, 0.1) is 12.7 Å². The first-order valence-electron chi connectivity index (χ1n) is 5.01. The Balaban J connectivity index is 2.37. The van der Waals surface area contributed by atoms with E-state index in [0.717, 1.165) is 5.56 Å². The highest BCUT2D eigenvalue weighted by atomic mass is 79.9. The molecule has 0 amide bonds. The van der Waals surface area contributed by atoms with E-state index in [-0.39, 0.29) is 5.82 Å². The fourth-order valence-electron chi connectivity index (χ4n) is 1.38. The third-order valence-corrected chi connectivity index (χ3v) is 3.46. The lowest BCUT2D eigenvalue weighted by atomic mass is 10.2. The van der Waals surface area contributed by atoms with Crippen LogP contribution in [0.25, 0.3) is 0 Å². The van der Waals surface area contributed by atoms with E-state index in [0.29, 0.717) is 20.2 Å². The average Bonchev–Trinajstić information content (AvgIpc) is 2.29. The van der Waals surface area contributed by atoms with Gasteiger partial charge in [-0.05, 0) is 46.6 Å². The molecular formula is C12H8BrCl2FN2. The molecular weight excluding hydrogens is 342 g/mol. The van der Waals surface area contributed by atoms with Crippen molar-refractivity contribution < 1.29 is 4.39 Å². The summed E-state index contributed by atoms with van der Waals surface area (Å²) in [5, 5.41) is 3.83. The van der Waals surface area contributed by atoms with Crippen molar-refractivity contribution in [3.8, 4) is 0 Å². The van der Waals surface area contributed by atoms with Crippen LogP contribution in [0.4, 0.5) is 15.9 Å². The van der Waals surface area contributed by atoms with E-state index in [1.165, 1.54) is 12.3 Å². The Morgan fingerprint density at radius 2 is 1.94 bits per heavy atom. The summed E-state index contributed by atoms with van der Waals surface area (Å²) in [4.78, 5) is 3.93. The lowest BCUT2D eigenvalue weighted by molar-refractivity contribution is 0.625. The average molecular weight is 350 g/mol. The number of rotatable bonds is 2. The Kier molecular flexibility index (Phi) is 4.10. The van der Waals surface area contributed by atoms with Gasteiger partial charge < -0.3 is 5.32 Å². The zero-order valence-corrected chi connectivity index (χ0v) is 12.4. The van der Waals surface area contributed by atoms with Gasteiger partial charge in [-0.3, -0.25) is 0 Å². The molecule has 0 saturated heterocycles. The third-order valence-electron chi connectivity index (χ3n) is 2.31. The maximum absolute atomic E-state index is 13.6. The van der Waals surface area contributed by atoms with Crippen molar-refractivity contribution in [1.82, 2.24) is 4.98 Å². The SMILES string of the molecule is Cc1cc(Cl)c(Nc2ncc(Br)cc2F)cc1Cl. The molecule has 2 aromatic rings. The van der Waals surface area contributed by atoms with Crippen LogP contribution in [-0.4, -0.2) is 4.98 Å². The molecule has 6 heteroatoms. The second-order valence-electron chi connectivity index (χ2n) is 3.69. The smallest absolute Gasteiger partial charge is 0.166 e. The molecule has 94 valence electrons. The molecule has 0 fully saturated rings. The molecule has 1 aromatic heterocycles. The molecule has 0 spiro atoms. The van der Waals surface area contributed by atoms with Crippen LogP contribution >= 0.6 is 39.1 Å². The minimum absolute atomic E-state index is 0.0972. The van der Waals surface area contributed by atoms with E-state index in [2.05, 4.69) is 26.2 Å². The summed E-state index contributed by atoms with van der Waals surface area (Å²) in [5.74, 6) is -0.378. The van der Waals surface area contributed by atoms with Crippen LogP contribution in [0.15, 0.2) is 28.9 Å². The van der Waals surface area contributed by atoms with Crippen LogP contribution in [0.1, 0.15) is 5.56 Å². The Bertz CT molecular complexity index is 605. The molecule has 0 radical (unpaired) electrons. The van der Waals surface area contributed by atoms with Gasteiger partial charge in [-0.25, -0.2) is 9.37 Å². The summed E-state index contributed by atoms with van der Waals surface area (Å²) >= 11 is 15.2. The number of benzene rings is 1. The van der Waals surface area contributed by atoms with Crippen molar-refractivity contribution in [3.63, 3.8) is 0 Å². The second kappa shape index (κ2) is 5.43. The Hall–Kier alpha value is -0.840. The third kappa shape index (κ3) is 2.94. The lowest BCUT2D eigenvalue weighted by Gasteiger charge is -2.10. The highest BCUT2D eigenvalue weighted by Gasteiger charge is 2.09. The topological polar surface area (TPSA) is 24.9 Å². The maximum atomic E-state index is 13.6. The summed E-state index contributed by atoms with van der Waals surface area (Å²) in [6, 6.07) is 4.67. The first-order chi connectivity index (χ1) is 8.47. The lowest BCUT2D eigenvalue weighted by Crippen LogP contribution is -1.98. The minimum Gasteiger partial charge on any atom is -0.337 e. The fourth-order valence-corrected chi connectivity index (χ4v) is 2.11. The van der Waals surface area contributed by atoms with Gasteiger partial charge >= 0.3 is 0 Å². The number of halogens is 4. The van der Waals surface area contributed by atoms with Crippen molar-refractivity contribution in [2.75, 3.05) is 5.32 Å². The minimum atomic E-state index is -0.475. The van der Waals surface area contributed by atoms with Gasteiger partial charge in [0.25, 0.3) is 0 Å². The maximum Gasteiger partial charge on any atom is 0.166 e. The predicted molar refractivity (Wildman–Crippen MR) is 76.4 cm³/mol. The number of aromatic nitrogens is 1. The molecule has 1 heterocycles. The number of aryl methyl sites for hydroxylation is 1. The summed E-state index contributed by atoms with van der Waals surface area (Å²) < 4.78 is 14.2. The van der Waals surface area contributed by atoms with Crippen molar-refractivity contribution >= 4 is 50.6 Å². The van der Waals surface area contributed by atoms with E-state index in [4.69, 9.17) is 23.2 Å². The van der Waals surface area contributed by atoms with E-state index < -0.39 is 5.82 Å². The normalized spacial score (nSPS) is 10.5. The Morgan fingerprint density at radius 1 is 1.22 bits per heavy atom. The summed E-state index contributed by atoms with van der Waals surface area (Å²) in [5.41, 5.74) is 1.37. The van der Waals surface area contributed by atoms with Gasteiger partial charge in [0.15, 0.2) is 11.6 Å². The first-order valence-corrected chi connectivity index (χ1v) is 6.56. The number of hydrogen-bond acceptors (Lipinski definition) is 2. The fraction of sp³-hybridized carbons (Fsp3) is 0.0833. The highest BCUT2D eigenvalue weighted by molar-refractivity contribution is 9.10. The van der Waals surface area contributed by atoms with Gasteiger partial charge in [-0.1, -0.05) is 23.2 Å². The Labute approximate surface area is 122 Å². The zero-order valence-electron chi connectivity index (χ0n) is 9.27. The zero-order chi connectivity index (χ0) is 13.3. The van der Waals surface area contributed by atoms with Gasteiger partial charge in [-0.15, -0.1) is 0 Å². The quantitative estimate of drug-likeness (QED) is 0.791. The molecule has 2 rings (SSSR count). The molecule has 1 aromatic carbocycles. The first kappa shape index (κ1) is 13.6. The monoisotopic (exact) mass is 348 g/mol. The number of anilines is 2. The van der Waals surface area contributed by atoms with E-state index in [1.807, 2.05) is 6.92 Å². The van der Waals surface area contributed by atoms with Gasteiger partial charge in [-0.2, -0.15) is 0 Å². The van der Waals surface area contributed by atoms with Crippen molar-refractivity contribution in [1.29, 1.82) is 0 Å². The summed E-state index contributed by atoms with van der Waals surface area (Å²) in [6.45, 7) is 1.84. The van der Waals surface area contributed by atoms with Crippen LogP contribution in [0.5, 0.6) is 0 Å². The molecule has 2 nitrogen and oxygen atoms in total. The van der Waals surface area contributed by atoms with E-state index in [1.54, 1.807) is 12.1 Å². The largest absolute Gasteiger partial charge is 0.337 e. The number of hydrogen-bond donors (Lipinski definition) is 1. The van der Waals surface area contributed by atoms with Crippen LogP contribution in [-0.2, 0) is 0 Å². The second-order valence-corrected chi connectivity index (χ2v) is 5.42. The van der Waals surface area contributed by atoms with Crippen LogP contribution in [0.3, 0.4) is 0 Å². The summed E-state index contributed by atoms with van der Waals surface area (Å²) in [7, 11) is 0.